The number of sulfone groups is 1. The Kier molecular flexibility index (Phi) is 4.91. The highest BCUT2D eigenvalue weighted by Crippen LogP contribution is 2.41. The Labute approximate surface area is 147 Å². The average Bonchev–Trinajstić information content (AvgIpc) is 2.86. The lowest BCUT2D eigenvalue weighted by atomic mass is 10.1. The number of methoxy groups -OCH3 is 1. The predicted molar refractivity (Wildman–Crippen MR) is 91.1 cm³/mol. The largest absolute Gasteiger partial charge is 0.468 e. The van der Waals surface area contributed by atoms with E-state index in [1.807, 2.05) is 0 Å². The summed E-state index contributed by atoms with van der Waals surface area (Å²) in [6, 6.07) is 7.49. The Balaban J connectivity index is 1.82. The molecule has 25 heavy (non-hydrogen) atoms. The van der Waals surface area contributed by atoms with Gasteiger partial charge in [-0.1, -0.05) is 18.2 Å². The normalized spacial score (nSPS) is 27.2. The minimum Gasteiger partial charge on any atom is -0.468 e. The maximum atomic E-state index is 12.8. The molecule has 2 aliphatic heterocycles. The van der Waals surface area contributed by atoms with Crippen LogP contribution in [0, 0.1) is 0 Å². The molecule has 0 radical (unpaired) electrons. The van der Waals surface area contributed by atoms with Crippen molar-refractivity contribution in [1.29, 1.82) is 0 Å². The van der Waals surface area contributed by atoms with Crippen LogP contribution >= 0.6 is 0 Å². The molecule has 138 valence electrons. The van der Waals surface area contributed by atoms with Gasteiger partial charge in [0.1, 0.15) is 0 Å². The molecule has 2 heterocycles. The van der Waals surface area contributed by atoms with E-state index in [-0.39, 0.29) is 29.8 Å². The Bertz CT molecular complexity index is 836. The molecule has 2 fully saturated rings. The Morgan fingerprint density at radius 1 is 1.08 bits per heavy atom. The molecule has 2 saturated heterocycles. The van der Waals surface area contributed by atoms with E-state index in [1.54, 1.807) is 30.3 Å². The molecule has 2 unspecified atom stereocenters. The number of hydrogen-bond acceptors (Lipinski definition) is 6. The van der Waals surface area contributed by atoms with Gasteiger partial charge in [0, 0.05) is 12.1 Å². The fourth-order valence-electron chi connectivity index (χ4n) is 3.88. The van der Waals surface area contributed by atoms with Crippen LogP contribution in [-0.2, 0) is 29.4 Å². The van der Waals surface area contributed by atoms with Crippen LogP contribution in [0.1, 0.15) is 25.7 Å². The molecule has 2 aliphatic rings. The van der Waals surface area contributed by atoms with E-state index < -0.39 is 36.8 Å². The van der Waals surface area contributed by atoms with E-state index in [0.29, 0.717) is 12.8 Å². The summed E-state index contributed by atoms with van der Waals surface area (Å²) in [5.74, 6) is -1.51. The first-order chi connectivity index (χ1) is 11.8. The minimum absolute atomic E-state index is 0.258. The third kappa shape index (κ3) is 3.45. The van der Waals surface area contributed by atoms with Crippen molar-refractivity contribution < 1.29 is 26.4 Å². The van der Waals surface area contributed by atoms with E-state index in [0.717, 1.165) is 7.11 Å². The number of ether oxygens (including phenoxy) is 1. The van der Waals surface area contributed by atoms with Gasteiger partial charge in [-0.2, -0.15) is 4.31 Å². The van der Waals surface area contributed by atoms with Crippen LogP contribution in [0.5, 0.6) is 0 Å². The van der Waals surface area contributed by atoms with Crippen LogP contribution in [0.25, 0.3) is 0 Å². The summed E-state index contributed by atoms with van der Waals surface area (Å²) in [7, 11) is -6.15. The lowest BCUT2D eigenvalue weighted by Crippen LogP contribution is -2.51. The van der Waals surface area contributed by atoms with E-state index >= 15 is 0 Å². The Morgan fingerprint density at radius 2 is 1.64 bits per heavy atom. The Hall–Kier alpha value is -1.45. The lowest BCUT2D eigenvalue weighted by molar-refractivity contribution is -0.137. The van der Waals surface area contributed by atoms with Gasteiger partial charge < -0.3 is 4.74 Å². The standard InChI is InChI=1S/C16H21NO6S2/c1-23-16(18)11-24(19,20)17-12-7-8-13(17)10-15(9-12)25(21,22)14-5-3-2-4-6-14/h2-6,12-13,15H,7-11H2,1H3. The van der Waals surface area contributed by atoms with Crippen molar-refractivity contribution in [2.75, 3.05) is 12.9 Å². The van der Waals surface area contributed by atoms with Crippen LogP contribution in [0.15, 0.2) is 35.2 Å². The van der Waals surface area contributed by atoms with Crippen LogP contribution in [0.3, 0.4) is 0 Å². The van der Waals surface area contributed by atoms with Gasteiger partial charge in [0.25, 0.3) is 0 Å². The number of piperidine rings is 1. The number of benzene rings is 1. The molecule has 0 saturated carbocycles. The summed E-state index contributed by atoms with van der Waals surface area (Å²) in [5.41, 5.74) is 0. The van der Waals surface area contributed by atoms with Gasteiger partial charge in [-0.25, -0.2) is 16.8 Å². The number of carbonyl (C=O) groups is 1. The number of fused-ring (bicyclic) bond motifs is 2. The summed E-state index contributed by atoms with van der Waals surface area (Å²) in [6.07, 6.45) is 1.75. The quantitative estimate of drug-likeness (QED) is 0.698. The van der Waals surface area contributed by atoms with Gasteiger partial charge in [-0.15, -0.1) is 0 Å². The second kappa shape index (κ2) is 6.69. The molecule has 2 atom stereocenters. The molecule has 0 N–H and O–H groups in total. The number of sulfonamides is 1. The monoisotopic (exact) mass is 387 g/mol. The van der Waals surface area contributed by atoms with Crippen molar-refractivity contribution >= 4 is 25.8 Å². The van der Waals surface area contributed by atoms with E-state index in [4.69, 9.17) is 0 Å². The third-order valence-electron chi connectivity index (χ3n) is 4.98. The number of carbonyl (C=O) groups excluding carboxylic acids is 1. The zero-order chi connectivity index (χ0) is 18.2. The van der Waals surface area contributed by atoms with Gasteiger partial charge in [0.15, 0.2) is 15.6 Å². The SMILES string of the molecule is COC(=O)CS(=O)(=O)N1C2CCC1CC(S(=O)(=O)c1ccccc1)C2. The summed E-state index contributed by atoms with van der Waals surface area (Å²) in [6.45, 7) is 0. The maximum absolute atomic E-state index is 12.8. The molecule has 1 aromatic rings. The van der Waals surface area contributed by atoms with Crippen molar-refractivity contribution in [2.45, 2.75) is 47.9 Å². The first-order valence-electron chi connectivity index (χ1n) is 8.12. The van der Waals surface area contributed by atoms with Crippen molar-refractivity contribution in [1.82, 2.24) is 4.31 Å². The van der Waals surface area contributed by atoms with Crippen molar-refractivity contribution in [2.24, 2.45) is 0 Å². The molecule has 7 nitrogen and oxygen atoms in total. The molecular formula is C16H21NO6S2. The summed E-state index contributed by atoms with van der Waals surface area (Å²) in [5, 5.41) is -0.600. The lowest BCUT2D eigenvalue weighted by Gasteiger charge is -2.37. The second-order valence-corrected chi connectivity index (χ2v) is 10.6. The van der Waals surface area contributed by atoms with Gasteiger partial charge >= 0.3 is 5.97 Å². The fourth-order valence-corrected chi connectivity index (χ4v) is 7.61. The number of rotatable bonds is 5. The summed E-state index contributed by atoms with van der Waals surface area (Å²) >= 11 is 0. The highest BCUT2D eigenvalue weighted by molar-refractivity contribution is 7.92. The van der Waals surface area contributed by atoms with Gasteiger partial charge in [-0.05, 0) is 37.8 Å². The smallest absolute Gasteiger partial charge is 0.322 e. The molecule has 0 amide bonds. The van der Waals surface area contributed by atoms with Crippen LogP contribution in [0.2, 0.25) is 0 Å². The number of esters is 1. The maximum Gasteiger partial charge on any atom is 0.322 e. The highest BCUT2D eigenvalue weighted by atomic mass is 32.2. The van der Waals surface area contributed by atoms with E-state index in [2.05, 4.69) is 4.74 Å². The van der Waals surface area contributed by atoms with Gasteiger partial charge in [0.2, 0.25) is 10.0 Å². The Morgan fingerprint density at radius 3 is 2.16 bits per heavy atom. The van der Waals surface area contributed by atoms with Crippen LogP contribution in [-0.4, -0.2) is 57.3 Å². The molecule has 0 spiro atoms. The van der Waals surface area contributed by atoms with Gasteiger partial charge in [-0.3, -0.25) is 4.79 Å². The van der Waals surface area contributed by atoms with E-state index in [1.165, 1.54) is 4.31 Å². The van der Waals surface area contributed by atoms with Crippen molar-refractivity contribution in [3.63, 3.8) is 0 Å². The first kappa shape index (κ1) is 18.3. The number of hydrogen-bond donors (Lipinski definition) is 0. The van der Waals surface area contributed by atoms with Crippen LogP contribution in [0.4, 0.5) is 0 Å². The third-order valence-corrected chi connectivity index (χ3v) is 9.01. The zero-order valence-electron chi connectivity index (χ0n) is 13.9. The molecular weight excluding hydrogens is 366 g/mol. The summed E-state index contributed by atoms with van der Waals surface area (Å²) in [4.78, 5) is 11.7. The van der Waals surface area contributed by atoms with Crippen molar-refractivity contribution in [3.05, 3.63) is 30.3 Å². The molecule has 1 aromatic carbocycles. The molecule has 0 aliphatic carbocycles. The summed E-state index contributed by atoms with van der Waals surface area (Å²) < 4.78 is 56.5. The average molecular weight is 387 g/mol. The number of nitrogens with zero attached hydrogens (tertiary/aromatic N) is 1. The second-order valence-electron chi connectivity index (χ2n) is 6.50. The van der Waals surface area contributed by atoms with Gasteiger partial charge in [0.05, 0.1) is 17.3 Å². The molecule has 2 bridgehead atoms. The zero-order valence-corrected chi connectivity index (χ0v) is 15.5. The molecule has 0 aromatic heterocycles. The van der Waals surface area contributed by atoms with Crippen molar-refractivity contribution in [3.8, 4) is 0 Å². The first-order valence-corrected chi connectivity index (χ1v) is 11.3. The minimum atomic E-state index is -3.80. The van der Waals surface area contributed by atoms with E-state index in [9.17, 15) is 21.6 Å². The molecule has 3 rings (SSSR count). The fraction of sp³-hybridized carbons (Fsp3) is 0.562. The van der Waals surface area contributed by atoms with Crippen LogP contribution < -0.4 is 0 Å². The highest BCUT2D eigenvalue weighted by Gasteiger charge is 2.50. The topological polar surface area (TPSA) is 97.8 Å². The predicted octanol–water partition coefficient (Wildman–Crippen LogP) is 0.959. The molecule has 9 heteroatoms.